The zero-order valence-corrected chi connectivity index (χ0v) is 18.9. The molecule has 0 aromatic heterocycles. The number of amides is 2. The molecule has 1 aliphatic rings. The maximum Gasteiger partial charge on any atom is 0.417 e. The highest BCUT2D eigenvalue weighted by atomic mass is 19.4. The van der Waals surface area contributed by atoms with E-state index >= 15 is 0 Å². The van der Waals surface area contributed by atoms with E-state index < -0.39 is 23.8 Å². The molecular weight excluding hydrogens is 457 g/mol. The van der Waals surface area contributed by atoms with Crippen molar-refractivity contribution in [2.24, 2.45) is 0 Å². The molecular formula is C27H25F3N2O3. The summed E-state index contributed by atoms with van der Waals surface area (Å²) in [7, 11) is 0. The van der Waals surface area contributed by atoms with Crippen LogP contribution in [-0.4, -0.2) is 54.4 Å². The number of hydrogen-bond acceptors (Lipinski definition) is 3. The van der Waals surface area contributed by atoms with Gasteiger partial charge in [-0.25, -0.2) is 0 Å². The van der Waals surface area contributed by atoms with Gasteiger partial charge in [-0.3, -0.25) is 9.59 Å². The molecule has 0 spiro atoms. The number of nitrogens with zero attached hydrogens (tertiary/aromatic N) is 2. The Bertz CT molecular complexity index is 1110. The summed E-state index contributed by atoms with van der Waals surface area (Å²) in [5.41, 5.74) is 0.511. The average molecular weight is 483 g/mol. The second kappa shape index (κ2) is 10.7. The van der Waals surface area contributed by atoms with Crippen LogP contribution in [0, 0.1) is 0 Å². The van der Waals surface area contributed by atoms with Crippen molar-refractivity contribution in [3.8, 4) is 0 Å². The topological polar surface area (TPSA) is 49.9 Å². The van der Waals surface area contributed by atoms with Gasteiger partial charge in [0, 0.05) is 26.2 Å². The van der Waals surface area contributed by atoms with Crippen LogP contribution < -0.4 is 0 Å². The lowest BCUT2D eigenvalue weighted by Crippen LogP contribution is -2.51. The maximum atomic E-state index is 13.3. The Morgan fingerprint density at radius 1 is 0.743 bits per heavy atom. The van der Waals surface area contributed by atoms with Gasteiger partial charge in [0.15, 0.2) is 0 Å². The Kier molecular flexibility index (Phi) is 7.51. The van der Waals surface area contributed by atoms with Gasteiger partial charge in [0.25, 0.3) is 5.91 Å². The fraction of sp³-hybridized carbons (Fsp3) is 0.259. The second-order valence-corrected chi connectivity index (χ2v) is 8.23. The first-order valence-corrected chi connectivity index (χ1v) is 11.3. The monoisotopic (exact) mass is 482 g/mol. The third kappa shape index (κ3) is 5.89. The molecule has 1 saturated heterocycles. The predicted molar refractivity (Wildman–Crippen MR) is 125 cm³/mol. The first kappa shape index (κ1) is 24.5. The Hall–Kier alpha value is -3.65. The number of ether oxygens (including phenoxy) is 1. The molecule has 1 aliphatic heterocycles. The van der Waals surface area contributed by atoms with Crippen LogP contribution in [0.25, 0.3) is 0 Å². The zero-order valence-electron chi connectivity index (χ0n) is 18.9. The van der Waals surface area contributed by atoms with Gasteiger partial charge in [0.1, 0.15) is 12.7 Å². The van der Waals surface area contributed by atoms with Crippen molar-refractivity contribution in [3.05, 3.63) is 107 Å². The van der Waals surface area contributed by atoms with Gasteiger partial charge >= 0.3 is 6.18 Å². The highest BCUT2D eigenvalue weighted by Gasteiger charge is 2.36. The molecule has 3 aromatic rings. The van der Waals surface area contributed by atoms with Crippen molar-refractivity contribution < 1.29 is 27.5 Å². The van der Waals surface area contributed by atoms with Gasteiger partial charge in [-0.15, -0.1) is 0 Å². The summed E-state index contributed by atoms with van der Waals surface area (Å²) < 4.78 is 45.9. The van der Waals surface area contributed by atoms with Gasteiger partial charge in [-0.2, -0.15) is 13.2 Å². The molecule has 4 rings (SSSR count). The van der Waals surface area contributed by atoms with E-state index in [1.165, 1.54) is 23.1 Å². The van der Waals surface area contributed by atoms with E-state index in [0.29, 0.717) is 0 Å². The lowest BCUT2D eigenvalue weighted by molar-refractivity contribution is -0.139. The Morgan fingerprint density at radius 2 is 1.23 bits per heavy atom. The van der Waals surface area contributed by atoms with Crippen LogP contribution in [0.1, 0.15) is 33.2 Å². The minimum Gasteiger partial charge on any atom is -0.359 e. The van der Waals surface area contributed by atoms with Gasteiger partial charge in [0.2, 0.25) is 5.91 Å². The molecule has 3 aromatic carbocycles. The van der Waals surface area contributed by atoms with Gasteiger partial charge < -0.3 is 14.5 Å². The minimum absolute atomic E-state index is 0.150. The SMILES string of the molecule is O=C(COC(c1ccccc1)c1ccccc1)N1CCN(C(=O)c2ccccc2C(F)(F)F)CC1. The number of carbonyl (C=O) groups excluding carboxylic acids is 2. The third-order valence-electron chi connectivity index (χ3n) is 5.96. The van der Waals surface area contributed by atoms with E-state index in [-0.39, 0.29) is 44.3 Å². The summed E-state index contributed by atoms with van der Waals surface area (Å²) >= 11 is 0. The molecule has 1 heterocycles. The van der Waals surface area contributed by atoms with Crippen LogP contribution in [0.2, 0.25) is 0 Å². The smallest absolute Gasteiger partial charge is 0.359 e. The van der Waals surface area contributed by atoms with Crippen molar-refractivity contribution >= 4 is 11.8 Å². The van der Waals surface area contributed by atoms with Crippen molar-refractivity contribution in [1.82, 2.24) is 9.80 Å². The number of hydrogen-bond donors (Lipinski definition) is 0. The molecule has 0 unspecified atom stereocenters. The Labute approximate surface area is 201 Å². The third-order valence-corrected chi connectivity index (χ3v) is 5.96. The number of halogens is 3. The molecule has 2 amide bonds. The van der Waals surface area contributed by atoms with E-state index in [1.54, 1.807) is 4.90 Å². The Balaban J connectivity index is 1.37. The summed E-state index contributed by atoms with van der Waals surface area (Å²) in [6, 6.07) is 23.9. The van der Waals surface area contributed by atoms with Crippen molar-refractivity contribution in [2.45, 2.75) is 12.3 Å². The Morgan fingerprint density at radius 3 is 1.77 bits per heavy atom. The lowest BCUT2D eigenvalue weighted by atomic mass is 10.0. The summed E-state index contributed by atoms with van der Waals surface area (Å²) in [5, 5.41) is 0. The molecule has 0 bridgehead atoms. The predicted octanol–water partition coefficient (Wildman–Crippen LogP) is 4.80. The molecule has 0 radical (unpaired) electrons. The maximum absolute atomic E-state index is 13.3. The summed E-state index contributed by atoms with van der Waals surface area (Å²) in [4.78, 5) is 28.5. The fourth-order valence-corrected chi connectivity index (χ4v) is 4.13. The van der Waals surface area contributed by atoms with Crippen LogP contribution in [0.3, 0.4) is 0 Å². The van der Waals surface area contributed by atoms with Crippen molar-refractivity contribution in [2.75, 3.05) is 32.8 Å². The van der Waals surface area contributed by atoms with E-state index in [0.717, 1.165) is 17.2 Å². The van der Waals surface area contributed by atoms with Gasteiger partial charge in [-0.1, -0.05) is 72.8 Å². The number of carbonyl (C=O) groups is 2. The second-order valence-electron chi connectivity index (χ2n) is 8.23. The molecule has 182 valence electrons. The van der Waals surface area contributed by atoms with Crippen LogP contribution in [0.4, 0.5) is 13.2 Å². The molecule has 8 heteroatoms. The fourth-order valence-electron chi connectivity index (χ4n) is 4.13. The molecule has 0 N–H and O–H groups in total. The van der Waals surface area contributed by atoms with Crippen molar-refractivity contribution in [1.29, 1.82) is 0 Å². The van der Waals surface area contributed by atoms with Gasteiger partial charge in [-0.05, 0) is 23.3 Å². The summed E-state index contributed by atoms with van der Waals surface area (Å²) in [6.45, 7) is 0.599. The summed E-state index contributed by atoms with van der Waals surface area (Å²) in [5.74, 6) is -0.917. The highest BCUT2D eigenvalue weighted by Crippen LogP contribution is 2.32. The number of alkyl halides is 3. The quantitative estimate of drug-likeness (QED) is 0.508. The summed E-state index contributed by atoms with van der Waals surface area (Å²) in [6.07, 6.45) is -5.03. The van der Waals surface area contributed by atoms with Crippen LogP contribution >= 0.6 is 0 Å². The average Bonchev–Trinajstić information content (AvgIpc) is 2.89. The standard InChI is InChI=1S/C27H25F3N2O3/c28-27(29,30)23-14-8-7-13-22(23)26(34)32-17-15-31(16-18-32)24(33)19-35-25(20-9-3-1-4-10-20)21-11-5-2-6-12-21/h1-14,25H,15-19H2. The number of benzene rings is 3. The van der Waals surface area contributed by atoms with E-state index in [4.69, 9.17) is 4.74 Å². The molecule has 5 nitrogen and oxygen atoms in total. The van der Waals surface area contributed by atoms with Crippen LogP contribution in [0.5, 0.6) is 0 Å². The zero-order chi connectivity index (χ0) is 24.8. The van der Waals surface area contributed by atoms with E-state index in [2.05, 4.69) is 0 Å². The number of rotatable bonds is 6. The van der Waals surface area contributed by atoms with Crippen LogP contribution in [-0.2, 0) is 15.7 Å². The van der Waals surface area contributed by atoms with E-state index in [9.17, 15) is 22.8 Å². The molecule has 1 fully saturated rings. The molecule has 0 aliphatic carbocycles. The van der Waals surface area contributed by atoms with Gasteiger partial charge in [0.05, 0.1) is 11.1 Å². The lowest BCUT2D eigenvalue weighted by Gasteiger charge is -2.35. The minimum atomic E-state index is -4.62. The normalized spacial score (nSPS) is 14.3. The molecule has 0 atom stereocenters. The van der Waals surface area contributed by atoms with Crippen molar-refractivity contribution in [3.63, 3.8) is 0 Å². The van der Waals surface area contributed by atoms with Crippen LogP contribution in [0.15, 0.2) is 84.9 Å². The first-order valence-electron chi connectivity index (χ1n) is 11.3. The largest absolute Gasteiger partial charge is 0.417 e. The molecule has 35 heavy (non-hydrogen) atoms. The highest BCUT2D eigenvalue weighted by molar-refractivity contribution is 5.96. The first-order chi connectivity index (χ1) is 16.8. The molecule has 0 saturated carbocycles. The van der Waals surface area contributed by atoms with E-state index in [1.807, 2.05) is 60.7 Å². The number of piperazine rings is 1.